The summed E-state index contributed by atoms with van der Waals surface area (Å²) in [4.78, 5) is 12.7. The van der Waals surface area contributed by atoms with Crippen LogP contribution >= 0.6 is 0 Å². The molecule has 0 amide bonds. The number of esters is 1. The zero-order valence-corrected chi connectivity index (χ0v) is 20.9. The Balaban J connectivity index is 1.33. The van der Waals surface area contributed by atoms with Crippen molar-refractivity contribution < 1.29 is 27.4 Å². The molecule has 2 fully saturated rings. The molecule has 0 aliphatic heterocycles. The predicted octanol–water partition coefficient (Wildman–Crippen LogP) is 8.23. The molecule has 2 aliphatic carbocycles. The van der Waals surface area contributed by atoms with Crippen LogP contribution in [0.15, 0.2) is 43.0 Å². The highest BCUT2D eigenvalue weighted by atomic mass is 19.2. The summed E-state index contributed by atoms with van der Waals surface area (Å²) in [5.41, 5.74) is 0.984. The van der Waals surface area contributed by atoms with Crippen molar-refractivity contribution in [1.82, 2.24) is 0 Å². The number of carbonyl (C=O) groups excluding carboxylic acids is 1. The van der Waals surface area contributed by atoms with Crippen molar-refractivity contribution in [2.75, 3.05) is 6.61 Å². The van der Waals surface area contributed by atoms with Gasteiger partial charge in [0, 0.05) is 6.07 Å². The third-order valence-electron chi connectivity index (χ3n) is 7.81. The number of rotatable bonds is 8. The lowest BCUT2D eigenvalue weighted by Crippen LogP contribution is -2.26. The molecule has 2 aromatic rings. The molecular formula is C30H35F3O3. The van der Waals surface area contributed by atoms with Crippen molar-refractivity contribution in [2.24, 2.45) is 11.8 Å². The average molecular weight is 501 g/mol. The Morgan fingerprint density at radius 3 is 2.22 bits per heavy atom. The van der Waals surface area contributed by atoms with E-state index in [0.717, 1.165) is 25.7 Å². The maximum Gasteiger partial charge on any atom is 0.314 e. The van der Waals surface area contributed by atoms with E-state index >= 15 is 0 Å². The normalized spacial score (nSPS) is 24.2. The number of ether oxygens (including phenoxy) is 2. The zero-order valence-electron chi connectivity index (χ0n) is 20.9. The quantitative estimate of drug-likeness (QED) is 0.158. The lowest BCUT2D eigenvalue weighted by Gasteiger charge is -2.28. The predicted molar refractivity (Wildman–Crippen MR) is 134 cm³/mol. The van der Waals surface area contributed by atoms with Crippen LogP contribution in [-0.2, 0) is 4.79 Å². The molecule has 0 bridgehead atoms. The van der Waals surface area contributed by atoms with Crippen LogP contribution in [0.25, 0.3) is 0 Å². The molecule has 0 N–H and O–H groups in total. The maximum atomic E-state index is 14.8. The average Bonchev–Trinajstić information content (AvgIpc) is 2.88. The lowest BCUT2D eigenvalue weighted by atomic mass is 9.78. The first-order valence-corrected chi connectivity index (χ1v) is 13.1. The van der Waals surface area contributed by atoms with Crippen LogP contribution in [0.3, 0.4) is 0 Å². The van der Waals surface area contributed by atoms with Crippen LogP contribution in [-0.4, -0.2) is 12.6 Å². The first-order chi connectivity index (χ1) is 17.4. The van der Waals surface area contributed by atoms with Gasteiger partial charge in [-0.25, -0.2) is 8.78 Å². The van der Waals surface area contributed by atoms with Gasteiger partial charge in [-0.2, -0.15) is 4.39 Å². The monoisotopic (exact) mass is 500 g/mol. The Kier molecular flexibility index (Phi) is 8.76. The molecule has 2 saturated carbocycles. The molecule has 0 heterocycles. The molecule has 4 rings (SSSR count). The smallest absolute Gasteiger partial charge is 0.314 e. The summed E-state index contributed by atoms with van der Waals surface area (Å²) in [5.74, 6) is -2.57. The molecule has 2 aliphatic rings. The summed E-state index contributed by atoms with van der Waals surface area (Å²) >= 11 is 0. The van der Waals surface area contributed by atoms with Gasteiger partial charge in [-0.15, -0.1) is 6.58 Å². The Labute approximate surface area is 211 Å². The van der Waals surface area contributed by atoms with E-state index in [1.54, 1.807) is 24.3 Å². The first kappa shape index (κ1) is 26.3. The maximum absolute atomic E-state index is 14.8. The largest absolute Gasteiger partial charge is 0.493 e. The Hall–Kier alpha value is -2.76. The van der Waals surface area contributed by atoms with Gasteiger partial charge in [0.25, 0.3) is 0 Å². The van der Waals surface area contributed by atoms with Crippen molar-refractivity contribution in [3.8, 4) is 11.5 Å². The standard InChI is InChI=1S/C30H35F3O3/c1-3-4-17-35-23-13-14-24(26(31)18-23)20-9-11-22(12-10-20)30(34)36-27-16-15-25(28(32)29(27)33)21-7-5-19(2)6-8-21/h3,13-16,18-22H,1,4-12,17H2,2H3. The molecule has 0 radical (unpaired) electrons. The topological polar surface area (TPSA) is 35.5 Å². The van der Waals surface area contributed by atoms with Gasteiger partial charge in [0.15, 0.2) is 11.6 Å². The number of carbonyl (C=O) groups is 1. The van der Waals surface area contributed by atoms with Gasteiger partial charge in [-0.1, -0.05) is 38.0 Å². The lowest BCUT2D eigenvalue weighted by molar-refractivity contribution is -0.140. The third kappa shape index (κ3) is 6.13. The molecule has 2 aromatic carbocycles. The van der Waals surface area contributed by atoms with Crippen molar-refractivity contribution in [3.05, 3.63) is 71.6 Å². The highest BCUT2D eigenvalue weighted by molar-refractivity contribution is 5.75. The van der Waals surface area contributed by atoms with Crippen LogP contribution in [0.5, 0.6) is 11.5 Å². The molecule has 0 unspecified atom stereocenters. The Bertz CT molecular complexity index is 1070. The first-order valence-electron chi connectivity index (χ1n) is 13.1. The summed E-state index contributed by atoms with van der Waals surface area (Å²) in [6, 6.07) is 7.84. The van der Waals surface area contributed by atoms with E-state index in [1.165, 1.54) is 12.1 Å². The van der Waals surface area contributed by atoms with Gasteiger partial charge in [0.2, 0.25) is 5.82 Å². The van der Waals surface area contributed by atoms with Crippen LogP contribution in [0.1, 0.15) is 87.7 Å². The summed E-state index contributed by atoms with van der Waals surface area (Å²) < 4.78 is 55.1. The minimum atomic E-state index is -1.09. The molecule has 194 valence electrons. The molecule has 0 saturated heterocycles. The van der Waals surface area contributed by atoms with E-state index in [9.17, 15) is 18.0 Å². The van der Waals surface area contributed by atoms with Crippen LogP contribution in [0.2, 0.25) is 0 Å². The minimum Gasteiger partial charge on any atom is -0.493 e. The number of benzene rings is 2. The van der Waals surface area contributed by atoms with E-state index in [4.69, 9.17) is 9.47 Å². The van der Waals surface area contributed by atoms with Gasteiger partial charge < -0.3 is 9.47 Å². The Morgan fingerprint density at radius 2 is 1.56 bits per heavy atom. The molecule has 3 nitrogen and oxygen atoms in total. The SMILES string of the molecule is C=CCCOc1ccc(C2CCC(C(=O)Oc3ccc(C4CCC(C)CC4)c(F)c3F)CC2)c(F)c1. The van der Waals surface area contributed by atoms with E-state index in [1.807, 2.05) is 0 Å². The summed E-state index contributed by atoms with van der Waals surface area (Å²) in [5, 5.41) is 0. The van der Waals surface area contributed by atoms with E-state index in [2.05, 4.69) is 13.5 Å². The highest BCUT2D eigenvalue weighted by Crippen LogP contribution is 2.40. The second-order valence-corrected chi connectivity index (χ2v) is 10.3. The number of halogens is 3. The molecular weight excluding hydrogens is 465 g/mol. The fraction of sp³-hybridized carbons (Fsp3) is 0.500. The van der Waals surface area contributed by atoms with E-state index < -0.39 is 23.5 Å². The minimum absolute atomic E-state index is 0.00361. The van der Waals surface area contributed by atoms with Crippen LogP contribution < -0.4 is 9.47 Å². The van der Waals surface area contributed by atoms with Crippen LogP contribution in [0, 0.1) is 29.3 Å². The molecule has 0 aromatic heterocycles. The van der Waals surface area contributed by atoms with Crippen molar-refractivity contribution in [3.63, 3.8) is 0 Å². The molecule has 0 atom stereocenters. The van der Waals surface area contributed by atoms with Crippen molar-refractivity contribution >= 4 is 5.97 Å². The van der Waals surface area contributed by atoms with Gasteiger partial charge in [0.1, 0.15) is 11.6 Å². The highest BCUT2D eigenvalue weighted by Gasteiger charge is 2.31. The molecule has 6 heteroatoms. The summed E-state index contributed by atoms with van der Waals surface area (Å²) in [7, 11) is 0. The second kappa shape index (κ2) is 12.0. The Morgan fingerprint density at radius 1 is 0.917 bits per heavy atom. The molecule has 0 spiro atoms. The van der Waals surface area contributed by atoms with Gasteiger partial charge in [-0.3, -0.25) is 4.79 Å². The fourth-order valence-electron chi connectivity index (χ4n) is 5.53. The van der Waals surface area contributed by atoms with E-state index in [0.29, 0.717) is 61.5 Å². The summed E-state index contributed by atoms with van der Waals surface area (Å²) in [6.07, 6.45) is 8.34. The second-order valence-electron chi connectivity index (χ2n) is 10.3. The van der Waals surface area contributed by atoms with Crippen LogP contribution in [0.4, 0.5) is 13.2 Å². The fourth-order valence-corrected chi connectivity index (χ4v) is 5.53. The number of hydrogen-bond donors (Lipinski definition) is 0. The van der Waals surface area contributed by atoms with Crippen molar-refractivity contribution in [2.45, 2.75) is 76.5 Å². The van der Waals surface area contributed by atoms with E-state index in [-0.39, 0.29) is 23.4 Å². The van der Waals surface area contributed by atoms with Crippen molar-refractivity contribution in [1.29, 1.82) is 0 Å². The molecule has 36 heavy (non-hydrogen) atoms. The third-order valence-corrected chi connectivity index (χ3v) is 7.81. The van der Waals surface area contributed by atoms with Gasteiger partial charge in [-0.05, 0) is 86.0 Å². The number of hydrogen-bond acceptors (Lipinski definition) is 3. The summed E-state index contributed by atoms with van der Waals surface area (Å²) in [6.45, 7) is 6.26. The van der Waals surface area contributed by atoms with Gasteiger partial charge >= 0.3 is 5.97 Å². The zero-order chi connectivity index (χ0) is 25.7. The van der Waals surface area contributed by atoms with Gasteiger partial charge in [0.05, 0.1) is 12.5 Å².